The van der Waals surface area contributed by atoms with Crippen molar-refractivity contribution >= 4 is 12.4 Å². The average molecular weight is 174 g/mol. The standard InChI is InChI=1S/C7H11N3.ClH/c1-5-2-7(10-9-5)6-3-8-4-6;/h2,6,8H,3-4H2,1H3,(H,9,10);1H. The van der Waals surface area contributed by atoms with Gasteiger partial charge in [0.15, 0.2) is 0 Å². The molecule has 0 aliphatic carbocycles. The summed E-state index contributed by atoms with van der Waals surface area (Å²) in [6, 6.07) is 2.12. The van der Waals surface area contributed by atoms with Gasteiger partial charge in [-0.15, -0.1) is 12.4 Å². The first-order valence-electron chi connectivity index (χ1n) is 3.59. The average Bonchev–Trinajstić information content (AvgIpc) is 2.10. The lowest BCUT2D eigenvalue weighted by molar-refractivity contribution is 0.439. The third kappa shape index (κ3) is 1.54. The van der Waals surface area contributed by atoms with Crippen LogP contribution in [0, 0.1) is 6.92 Å². The number of hydrogen-bond donors (Lipinski definition) is 2. The molecule has 2 N–H and O–H groups in total. The molecule has 62 valence electrons. The van der Waals surface area contributed by atoms with Gasteiger partial charge in [0.2, 0.25) is 0 Å². The van der Waals surface area contributed by atoms with Crippen molar-refractivity contribution < 1.29 is 0 Å². The fraction of sp³-hybridized carbons (Fsp3) is 0.571. The van der Waals surface area contributed by atoms with E-state index in [1.54, 1.807) is 0 Å². The summed E-state index contributed by atoms with van der Waals surface area (Å²) in [5, 5.41) is 10.3. The lowest BCUT2D eigenvalue weighted by Crippen LogP contribution is -2.40. The number of rotatable bonds is 1. The van der Waals surface area contributed by atoms with Crippen molar-refractivity contribution in [1.29, 1.82) is 0 Å². The summed E-state index contributed by atoms with van der Waals surface area (Å²) < 4.78 is 0. The number of H-pyrrole nitrogens is 1. The van der Waals surface area contributed by atoms with Crippen LogP contribution in [0.2, 0.25) is 0 Å². The Morgan fingerprint density at radius 3 is 2.64 bits per heavy atom. The molecule has 1 aromatic rings. The first-order chi connectivity index (χ1) is 4.86. The van der Waals surface area contributed by atoms with E-state index in [0.29, 0.717) is 5.92 Å². The zero-order valence-corrected chi connectivity index (χ0v) is 7.24. The number of aryl methyl sites for hydroxylation is 1. The summed E-state index contributed by atoms with van der Waals surface area (Å²) in [7, 11) is 0. The molecule has 1 aliphatic heterocycles. The second kappa shape index (κ2) is 3.24. The van der Waals surface area contributed by atoms with Crippen LogP contribution in [0.25, 0.3) is 0 Å². The zero-order valence-electron chi connectivity index (χ0n) is 6.42. The molecular formula is C7H12ClN3. The zero-order chi connectivity index (χ0) is 6.97. The summed E-state index contributed by atoms with van der Waals surface area (Å²) in [4.78, 5) is 0. The molecule has 0 radical (unpaired) electrons. The van der Waals surface area contributed by atoms with E-state index >= 15 is 0 Å². The minimum absolute atomic E-state index is 0. The molecule has 0 unspecified atom stereocenters. The third-order valence-corrected chi connectivity index (χ3v) is 1.93. The van der Waals surface area contributed by atoms with Gasteiger partial charge in [0.25, 0.3) is 0 Å². The molecule has 4 heteroatoms. The molecule has 3 nitrogen and oxygen atoms in total. The van der Waals surface area contributed by atoms with Gasteiger partial charge in [0.1, 0.15) is 0 Å². The molecular weight excluding hydrogens is 162 g/mol. The van der Waals surface area contributed by atoms with Crippen LogP contribution in [0.15, 0.2) is 6.07 Å². The normalized spacial score (nSPS) is 17.2. The molecule has 2 heterocycles. The van der Waals surface area contributed by atoms with Crippen molar-refractivity contribution in [2.45, 2.75) is 12.8 Å². The highest BCUT2D eigenvalue weighted by atomic mass is 35.5. The van der Waals surface area contributed by atoms with Crippen LogP contribution >= 0.6 is 12.4 Å². The molecule has 0 spiro atoms. The van der Waals surface area contributed by atoms with Gasteiger partial charge < -0.3 is 5.32 Å². The number of nitrogens with one attached hydrogen (secondary N) is 2. The minimum atomic E-state index is 0. The Morgan fingerprint density at radius 2 is 2.27 bits per heavy atom. The Bertz CT molecular complexity index is 229. The Hall–Kier alpha value is -0.540. The highest BCUT2D eigenvalue weighted by molar-refractivity contribution is 5.85. The molecule has 1 fully saturated rings. The topological polar surface area (TPSA) is 40.7 Å². The minimum Gasteiger partial charge on any atom is -0.315 e. The molecule has 0 bridgehead atoms. The van der Waals surface area contributed by atoms with Gasteiger partial charge >= 0.3 is 0 Å². The van der Waals surface area contributed by atoms with Gasteiger partial charge in [0.05, 0.1) is 5.69 Å². The monoisotopic (exact) mass is 173 g/mol. The SMILES string of the molecule is Cc1cc(C2CNC2)n[nH]1.Cl. The van der Waals surface area contributed by atoms with Crippen LogP contribution in [0.4, 0.5) is 0 Å². The van der Waals surface area contributed by atoms with E-state index < -0.39 is 0 Å². The maximum Gasteiger partial charge on any atom is 0.0681 e. The molecule has 11 heavy (non-hydrogen) atoms. The van der Waals surface area contributed by atoms with E-state index in [0.717, 1.165) is 18.8 Å². The Balaban J connectivity index is 0.000000605. The van der Waals surface area contributed by atoms with Gasteiger partial charge in [-0.05, 0) is 13.0 Å². The highest BCUT2D eigenvalue weighted by Gasteiger charge is 2.20. The van der Waals surface area contributed by atoms with Gasteiger partial charge in [-0.1, -0.05) is 0 Å². The first-order valence-corrected chi connectivity index (χ1v) is 3.59. The Labute approximate surface area is 72.0 Å². The van der Waals surface area contributed by atoms with Gasteiger partial charge in [-0.3, -0.25) is 5.10 Å². The summed E-state index contributed by atoms with van der Waals surface area (Å²) in [5.41, 5.74) is 2.36. The summed E-state index contributed by atoms with van der Waals surface area (Å²) in [6.45, 7) is 4.21. The van der Waals surface area contributed by atoms with Gasteiger partial charge in [-0.25, -0.2) is 0 Å². The second-order valence-corrected chi connectivity index (χ2v) is 2.83. The van der Waals surface area contributed by atoms with Gasteiger partial charge in [-0.2, -0.15) is 5.10 Å². The quantitative estimate of drug-likeness (QED) is 0.661. The Morgan fingerprint density at radius 1 is 1.55 bits per heavy atom. The highest BCUT2D eigenvalue weighted by Crippen LogP contribution is 2.17. The lowest BCUT2D eigenvalue weighted by atomic mass is 10.00. The summed E-state index contributed by atoms with van der Waals surface area (Å²) in [5.74, 6) is 0.657. The lowest BCUT2D eigenvalue weighted by Gasteiger charge is -2.24. The largest absolute Gasteiger partial charge is 0.315 e. The fourth-order valence-corrected chi connectivity index (χ4v) is 1.15. The van der Waals surface area contributed by atoms with Crippen LogP contribution in [0.3, 0.4) is 0 Å². The predicted octanol–water partition coefficient (Wildman–Crippen LogP) is 0.827. The first kappa shape index (κ1) is 8.56. The summed E-state index contributed by atoms with van der Waals surface area (Å²) in [6.07, 6.45) is 0. The smallest absolute Gasteiger partial charge is 0.0681 e. The van der Waals surface area contributed by atoms with E-state index in [-0.39, 0.29) is 12.4 Å². The number of hydrogen-bond acceptors (Lipinski definition) is 2. The van der Waals surface area contributed by atoms with Crippen molar-refractivity contribution in [2.75, 3.05) is 13.1 Å². The van der Waals surface area contributed by atoms with E-state index in [1.165, 1.54) is 5.69 Å². The number of aromatic amines is 1. The van der Waals surface area contributed by atoms with Crippen LogP contribution < -0.4 is 5.32 Å². The fourth-order valence-electron chi connectivity index (χ4n) is 1.15. The van der Waals surface area contributed by atoms with Crippen molar-refractivity contribution in [1.82, 2.24) is 15.5 Å². The maximum atomic E-state index is 4.17. The van der Waals surface area contributed by atoms with E-state index in [2.05, 4.69) is 21.6 Å². The number of halogens is 1. The molecule has 1 aromatic heterocycles. The van der Waals surface area contributed by atoms with Crippen LogP contribution in [-0.2, 0) is 0 Å². The van der Waals surface area contributed by atoms with Crippen LogP contribution in [-0.4, -0.2) is 23.3 Å². The Kier molecular flexibility index (Phi) is 2.52. The van der Waals surface area contributed by atoms with Crippen molar-refractivity contribution in [3.8, 4) is 0 Å². The van der Waals surface area contributed by atoms with E-state index in [9.17, 15) is 0 Å². The molecule has 0 aromatic carbocycles. The summed E-state index contributed by atoms with van der Waals surface area (Å²) >= 11 is 0. The molecule has 0 amide bonds. The van der Waals surface area contributed by atoms with Crippen molar-refractivity contribution in [2.24, 2.45) is 0 Å². The molecule has 0 atom stereocenters. The molecule has 1 aliphatic rings. The molecule has 0 saturated carbocycles. The molecule has 1 saturated heterocycles. The van der Waals surface area contributed by atoms with Crippen LogP contribution in [0.5, 0.6) is 0 Å². The van der Waals surface area contributed by atoms with Gasteiger partial charge in [0, 0.05) is 24.7 Å². The van der Waals surface area contributed by atoms with Crippen molar-refractivity contribution in [3.63, 3.8) is 0 Å². The predicted molar refractivity (Wildman–Crippen MR) is 46.2 cm³/mol. The van der Waals surface area contributed by atoms with E-state index in [1.807, 2.05) is 6.92 Å². The molecule has 2 rings (SSSR count). The number of aromatic nitrogens is 2. The number of nitrogens with zero attached hydrogens (tertiary/aromatic N) is 1. The van der Waals surface area contributed by atoms with E-state index in [4.69, 9.17) is 0 Å². The second-order valence-electron chi connectivity index (χ2n) is 2.83. The maximum absolute atomic E-state index is 4.17. The third-order valence-electron chi connectivity index (χ3n) is 1.93. The van der Waals surface area contributed by atoms with Crippen molar-refractivity contribution in [3.05, 3.63) is 17.5 Å². The van der Waals surface area contributed by atoms with Crippen LogP contribution in [0.1, 0.15) is 17.3 Å².